The Morgan fingerprint density at radius 2 is 2.00 bits per heavy atom. The number of carbonyl (C=O) groups excluding carboxylic acids is 1. The zero-order valence-electron chi connectivity index (χ0n) is 16.3. The summed E-state index contributed by atoms with van der Waals surface area (Å²) in [6.07, 6.45) is 2.38. The molecule has 0 unspecified atom stereocenters. The van der Waals surface area contributed by atoms with Crippen molar-refractivity contribution in [3.63, 3.8) is 0 Å². The smallest absolute Gasteiger partial charge is 0.234 e. The molecule has 2 aromatic carbocycles. The Labute approximate surface area is 189 Å². The first-order chi connectivity index (χ1) is 14.5. The average Bonchev–Trinajstić information content (AvgIpc) is 3.12. The van der Waals surface area contributed by atoms with Crippen molar-refractivity contribution in [1.29, 1.82) is 0 Å². The number of nitrogens with zero attached hydrogens (tertiary/aromatic N) is 3. The Morgan fingerprint density at radius 3 is 2.70 bits per heavy atom. The van der Waals surface area contributed by atoms with E-state index in [4.69, 9.17) is 27.9 Å². The molecule has 6 nitrogen and oxygen atoms in total. The number of carbonyl (C=O) groups is 1. The van der Waals surface area contributed by atoms with E-state index in [-0.39, 0.29) is 11.7 Å². The van der Waals surface area contributed by atoms with Crippen molar-refractivity contribution in [2.24, 2.45) is 0 Å². The van der Waals surface area contributed by atoms with Crippen molar-refractivity contribution in [2.45, 2.75) is 18.1 Å². The third-order valence-electron chi connectivity index (χ3n) is 4.18. The van der Waals surface area contributed by atoms with Crippen molar-refractivity contribution in [2.75, 3.05) is 18.2 Å². The number of thioether (sulfide) groups is 1. The molecule has 30 heavy (non-hydrogen) atoms. The first-order valence-corrected chi connectivity index (χ1v) is 10.8. The molecule has 0 aliphatic heterocycles. The zero-order valence-corrected chi connectivity index (χ0v) is 18.6. The van der Waals surface area contributed by atoms with Gasteiger partial charge in [0.15, 0.2) is 5.16 Å². The fourth-order valence-corrected chi connectivity index (χ4v) is 3.83. The van der Waals surface area contributed by atoms with Crippen molar-refractivity contribution in [3.8, 4) is 5.75 Å². The Bertz CT molecular complexity index is 1040. The summed E-state index contributed by atoms with van der Waals surface area (Å²) in [5.41, 5.74) is 1.56. The molecule has 0 saturated carbocycles. The molecular weight excluding hydrogens is 443 g/mol. The van der Waals surface area contributed by atoms with E-state index in [2.05, 4.69) is 22.1 Å². The molecule has 1 aromatic heterocycles. The summed E-state index contributed by atoms with van der Waals surface area (Å²) in [5, 5.41) is 12.7. The minimum Gasteiger partial charge on any atom is -0.497 e. The fourth-order valence-electron chi connectivity index (χ4n) is 2.71. The lowest BCUT2D eigenvalue weighted by molar-refractivity contribution is -0.113. The summed E-state index contributed by atoms with van der Waals surface area (Å²) < 4.78 is 7.14. The normalized spacial score (nSPS) is 10.6. The summed E-state index contributed by atoms with van der Waals surface area (Å²) in [5.74, 6) is 1.53. The topological polar surface area (TPSA) is 69.0 Å². The molecule has 0 radical (unpaired) electrons. The number of hydrogen-bond acceptors (Lipinski definition) is 5. The number of benzene rings is 2. The number of ether oxygens (including phenoxy) is 1. The molecule has 156 valence electrons. The quantitative estimate of drug-likeness (QED) is 0.353. The lowest BCUT2D eigenvalue weighted by atomic mass is 10.1. The van der Waals surface area contributed by atoms with Gasteiger partial charge in [-0.3, -0.25) is 4.79 Å². The van der Waals surface area contributed by atoms with Crippen LogP contribution in [0.3, 0.4) is 0 Å². The summed E-state index contributed by atoms with van der Waals surface area (Å²) in [6, 6.07) is 12.9. The van der Waals surface area contributed by atoms with Gasteiger partial charge in [-0.1, -0.05) is 59.2 Å². The van der Waals surface area contributed by atoms with Gasteiger partial charge in [-0.15, -0.1) is 16.8 Å². The Kier molecular flexibility index (Phi) is 7.79. The van der Waals surface area contributed by atoms with Crippen LogP contribution < -0.4 is 10.1 Å². The van der Waals surface area contributed by atoms with Crippen LogP contribution in [0.5, 0.6) is 5.75 Å². The zero-order chi connectivity index (χ0) is 21.5. The molecule has 0 bridgehead atoms. The van der Waals surface area contributed by atoms with E-state index >= 15 is 0 Å². The summed E-state index contributed by atoms with van der Waals surface area (Å²) >= 11 is 13.4. The van der Waals surface area contributed by atoms with Crippen molar-refractivity contribution < 1.29 is 9.53 Å². The van der Waals surface area contributed by atoms with Gasteiger partial charge in [0.05, 0.1) is 28.6 Å². The number of halogens is 2. The maximum absolute atomic E-state index is 12.4. The molecule has 0 spiro atoms. The monoisotopic (exact) mass is 462 g/mol. The Hall–Kier alpha value is -2.48. The molecule has 1 amide bonds. The standard InChI is InChI=1S/C21H20Cl2N4O2S/c1-3-11-27-18(12-14-7-9-15(29-2)10-8-14)25-26-21(27)30-13-19(28)24-17-6-4-5-16(22)20(17)23/h3-10H,1,11-13H2,2H3,(H,24,28). The number of allylic oxidation sites excluding steroid dienone is 1. The predicted octanol–water partition coefficient (Wildman–Crippen LogP) is 5.10. The number of amides is 1. The first kappa shape index (κ1) is 22.2. The molecule has 0 fully saturated rings. The summed E-state index contributed by atoms with van der Waals surface area (Å²) in [6.45, 7) is 4.35. The molecule has 0 saturated heterocycles. The molecule has 0 aliphatic rings. The SMILES string of the molecule is C=CCn1c(Cc2ccc(OC)cc2)nnc1SCC(=O)Nc1cccc(Cl)c1Cl. The van der Waals surface area contributed by atoms with E-state index in [0.29, 0.717) is 33.9 Å². The van der Waals surface area contributed by atoms with Crippen LogP contribution in [-0.4, -0.2) is 33.5 Å². The molecule has 3 rings (SSSR count). The lowest BCUT2D eigenvalue weighted by Gasteiger charge is -2.09. The first-order valence-electron chi connectivity index (χ1n) is 9.04. The molecule has 9 heteroatoms. The highest BCUT2D eigenvalue weighted by Crippen LogP contribution is 2.30. The number of nitrogens with one attached hydrogen (secondary N) is 1. The lowest BCUT2D eigenvalue weighted by Crippen LogP contribution is -2.15. The van der Waals surface area contributed by atoms with Crippen LogP contribution in [0, 0.1) is 0 Å². The molecular formula is C21H20Cl2N4O2S. The number of aromatic nitrogens is 3. The van der Waals surface area contributed by atoms with E-state index in [1.54, 1.807) is 31.4 Å². The number of methoxy groups -OCH3 is 1. The summed E-state index contributed by atoms with van der Waals surface area (Å²) in [7, 11) is 1.63. The highest BCUT2D eigenvalue weighted by Gasteiger charge is 2.15. The van der Waals surface area contributed by atoms with E-state index in [1.807, 2.05) is 28.8 Å². The molecule has 0 atom stereocenters. The number of anilines is 1. The van der Waals surface area contributed by atoms with Crippen LogP contribution in [0.1, 0.15) is 11.4 Å². The Morgan fingerprint density at radius 1 is 1.23 bits per heavy atom. The van der Waals surface area contributed by atoms with Gasteiger partial charge in [0.2, 0.25) is 5.91 Å². The van der Waals surface area contributed by atoms with Gasteiger partial charge in [-0.2, -0.15) is 0 Å². The van der Waals surface area contributed by atoms with E-state index < -0.39 is 0 Å². The van der Waals surface area contributed by atoms with Crippen LogP contribution in [0.2, 0.25) is 10.0 Å². The summed E-state index contributed by atoms with van der Waals surface area (Å²) in [4.78, 5) is 12.4. The van der Waals surface area contributed by atoms with Crippen LogP contribution in [0.25, 0.3) is 0 Å². The van der Waals surface area contributed by atoms with Gasteiger partial charge in [-0.25, -0.2) is 0 Å². The van der Waals surface area contributed by atoms with Gasteiger partial charge < -0.3 is 14.6 Å². The molecule has 0 aliphatic carbocycles. The van der Waals surface area contributed by atoms with E-state index in [9.17, 15) is 4.79 Å². The number of hydrogen-bond donors (Lipinski definition) is 1. The highest BCUT2D eigenvalue weighted by atomic mass is 35.5. The van der Waals surface area contributed by atoms with Gasteiger partial charge in [0, 0.05) is 13.0 Å². The minimum absolute atomic E-state index is 0.153. The predicted molar refractivity (Wildman–Crippen MR) is 122 cm³/mol. The van der Waals surface area contributed by atoms with E-state index in [1.165, 1.54) is 11.8 Å². The van der Waals surface area contributed by atoms with Crippen molar-refractivity contribution in [1.82, 2.24) is 14.8 Å². The van der Waals surface area contributed by atoms with Crippen LogP contribution in [0.4, 0.5) is 5.69 Å². The average molecular weight is 463 g/mol. The van der Waals surface area contributed by atoms with Crippen LogP contribution in [0.15, 0.2) is 60.3 Å². The molecule has 3 aromatic rings. The van der Waals surface area contributed by atoms with Gasteiger partial charge in [-0.05, 0) is 29.8 Å². The number of rotatable bonds is 9. The maximum Gasteiger partial charge on any atom is 0.234 e. The van der Waals surface area contributed by atoms with Crippen LogP contribution >= 0.6 is 35.0 Å². The second-order valence-corrected chi connectivity index (χ2v) is 7.99. The molecule has 1 N–H and O–H groups in total. The van der Waals surface area contributed by atoms with Gasteiger partial charge in [0.25, 0.3) is 0 Å². The van der Waals surface area contributed by atoms with Gasteiger partial charge in [0.1, 0.15) is 11.6 Å². The molecule has 1 heterocycles. The van der Waals surface area contributed by atoms with Gasteiger partial charge >= 0.3 is 0 Å². The van der Waals surface area contributed by atoms with Crippen LogP contribution in [-0.2, 0) is 17.8 Å². The Balaban J connectivity index is 1.67. The largest absolute Gasteiger partial charge is 0.497 e. The second-order valence-electron chi connectivity index (χ2n) is 6.26. The fraction of sp³-hybridized carbons (Fsp3) is 0.190. The van der Waals surface area contributed by atoms with Crippen molar-refractivity contribution in [3.05, 3.63) is 76.6 Å². The van der Waals surface area contributed by atoms with Crippen molar-refractivity contribution >= 4 is 46.6 Å². The third-order valence-corrected chi connectivity index (χ3v) is 5.97. The van der Waals surface area contributed by atoms with E-state index in [0.717, 1.165) is 17.1 Å². The second kappa shape index (κ2) is 10.5. The third kappa shape index (κ3) is 5.56. The minimum atomic E-state index is -0.214. The highest BCUT2D eigenvalue weighted by molar-refractivity contribution is 7.99. The maximum atomic E-state index is 12.4.